The second-order valence-corrected chi connectivity index (χ2v) is 6.61. The molecule has 2 rings (SSSR count). The Bertz CT molecular complexity index is 796. The van der Waals surface area contributed by atoms with Gasteiger partial charge in [0.2, 0.25) is 5.91 Å². The molecular formula is C18H17Cl2FN2O2. The van der Waals surface area contributed by atoms with Gasteiger partial charge in [-0.25, -0.2) is 4.39 Å². The second-order valence-electron chi connectivity index (χ2n) is 5.79. The monoisotopic (exact) mass is 382 g/mol. The van der Waals surface area contributed by atoms with Gasteiger partial charge in [0.15, 0.2) is 0 Å². The number of halogens is 3. The molecular weight excluding hydrogens is 366 g/mol. The molecule has 0 aliphatic heterocycles. The highest BCUT2D eigenvalue weighted by atomic mass is 35.5. The molecule has 0 radical (unpaired) electrons. The zero-order chi connectivity index (χ0) is 18.6. The number of carbonyl (C=O) groups is 2. The molecule has 0 fully saturated rings. The Balaban J connectivity index is 2.14. The molecule has 1 atom stereocenters. The van der Waals surface area contributed by atoms with E-state index in [0.29, 0.717) is 10.7 Å². The van der Waals surface area contributed by atoms with Crippen LogP contribution in [0.3, 0.4) is 0 Å². The fraction of sp³-hybridized carbons (Fsp3) is 0.222. The normalized spacial score (nSPS) is 11.9. The van der Waals surface area contributed by atoms with Gasteiger partial charge in [-0.1, -0.05) is 49.2 Å². The van der Waals surface area contributed by atoms with Gasteiger partial charge in [0.1, 0.15) is 11.9 Å². The van der Waals surface area contributed by atoms with Crippen molar-refractivity contribution in [3.05, 3.63) is 63.9 Å². The number of anilines is 1. The lowest BCUT2D eigenvalue weighted by atomic mass is 10.0. The van der Waals surface area contributed by atoms with Crippen LogP contribution in [0.5, 0.6) is 0 Å². The van der Waals surface area contributed by atoms with E-state index in [-0.39, 0.29) is 16.5 Å². The van der Waals surface area contributed by atoms with E-state index in [1.54, 1.807) is 38.1 Å². The largest absolute Gasteiger partial charge is 0.340 e. The first kappa shape index (κ1) is 19.2. The van der Waals surface area contributed by atoms with E-state index in [4.69, 9.17) is 23.2 Å². The molecule has 0 aliphatic rings. The van der Waals surface area contributed by atoms with Gasteiger partial charge in [-0.3, -0.25) is 9.59 Å². The van der Waals surface area contributed by atoms with Crippen molar-refractivity contribution >= 4 is 40.7 Å². The van der Waals surface area contributed by atoms with Crippen LogP contribution in [0, 0.1) is 11.7 Å². The molecule has 0 bridgehead atoms. The Hall–Kier alpha value is -2.11. The van der Waals surface area contributed by atoms with Gasteiger partial charge >= 0.3 is 0 Å². The Morgan fingerprint density at radius 1 is 1.04 bits per heavy atom. The first-order chi connectivity index (χ1) is 11.8. The number of hydrogen-bond acceptors (Lipinski definition) is 2. The molecule has 7 heteroatoms. The average molecular weight is 383 g/mol. The molecule has 0 aliphatic carbocycles. The maximum atomic E-state index is 13.2. The third-order valence-corrected chi connectivity index (χ3v) is 4.16. The number of rotatable bonds is 5. The van der Waals surface area contributed by atoms with Crippen molar-refractivity contribution in [2.45, 2.75) is 19.9 Å². The van der Waals surface area contributed by atoms with Crippen LogP contribution < -0.4 is 10.6 Å². The average Bonchev–Trinajstić information content (AvgIpc) is 2.55. The molecule has 4 nitrogen and oxygen atoms in total. The minimum atomic E-state index is -0.799. The number of hydrogen-bond donors (Lipinski definition) is 2. The molecule has 2 amide bonds. The lowest BCUT2D eigenvalue weighted by Crippen LogP contribution is -2.47. The molecule has 0 saturated carbocycles. The molecule has 132 valence electrons. The van der Waals surface area contributed by atoms with Crippen LogP contribution in [-0.4, -0.2) is 17.9 Å². The van der Waals surface area contributed by atoms with Crippen molar-refractivity contribution in [1.82, 2.24) is 5.32 Å². The maximum Gasteiger partial charge on any atom is 0.253 e. The molecule has 2 aromatic rings. The van der Waals surface area contributed by atoms with E-state index < -0.39 is 23.7 Å². The highest BCUT2D eigenvalue weighted by Crippen LogP contribution is 2.20. The van der Waals surface area contributed by atoms with E-state index in [9.17, 15) is 14.0 Å². The molecule has 0 heterocycles. The van der Waals surface area contributed by atoms with Gasteiger partial charge in [0.25, 0.3) is 5.91 Å². The molecule has 25 heavy (non-hydrogen) atoms. The first-order valence-electron chi connectivity index (χ1n) is 7.61. The smallest absolute Gasteiger partial charge is 0.253 e. The van der Waals surface area contributed by atoms with Crippen LogP contribution in [0.25, 0.3) is 0 Å². The van der Waals surface area contributed by atoms with Crippen LogP contribution in [0.2, 0.25) is 10.0 Å². The van der Waals surface area contributed by atoms with Crippen LogP contribution >= 0.6 is 23.2 Å². The van der Waals surface area contributed by atoms with Crippen LogP contribution in [0.15, 0.2) is 42.5 Å². The first-order valence-corrected chi connectivity index (χ1v) is 8.36. The van der Waals surface area contributed by atoms with Gasteiger partial charge in [0.05, 0.1) is 15.6 Å². The Morgan fingerprint density at radius 3 is 2.32 bits per heavy atom. The summed E-state index contributed by atoms with van der Waals surface area (Å²) in [5, 5.41) is 5.50. The van der Waals surface area contributed by atoms with Crippen molar-refractivity contribution in [1.29, 1.82) is 0 Å². The molecule has 2 N–H and O–H groups in total. The Labute approximate surface area is 155 Å². The summed E-state index contributed by atoms with van der Waals surface area (Å²) >= 11 is 11.7. The molecule has 0 aromatic heterocycles. The van der Waals surface area contributed by atoms with Gasteiger partial charge in [-0.2, -0.15) is 0 Å². The molecule has 0 saturated heterocycles. The fourth-order valence-corrected chi connectivity index (χ4v) is 2.60. The van der Waals surface area contributed by atoms with Gasteiger partial charge < -0.3 is 10.6 Å². The summed E-state index contributed by atoms with van der Waals surface area (Å²) < 4.78 is 13.2. The van der Waals surface area contributed by atoms with Gasteiger partial charge in [0, 0.05) is 5.69 Å². The van der Waals surface area contributed by atoms with Gasteiger partial charge in [-0.05, 0) is 36.2 Å². The molecule has 2 aromatic carbocycles. The van der Waals surface area contributed by atoms with Gasteiger partial charge in [-0.15, -0.1) is 0 Å². The van der Waals surface area contributed by atoms with Crippen molar-refractivity contribution in [3.8, 4) is 0 Å². The topological polar surface area (TPSA) is 58.2 Å². The van der Waals surface area contributed by atoms with E-state index in [1.807, 2.05) is 0 Å². The summed E-state index contributed by atoms with van der Waals surface area (Å²) in [5.41, 5.74) is 0.626. The van der Waals surface area contributed by atoms with Crippen molar-refractivity contribution in [2.24, 2.45) is 5.92 Å². The van der Waals surface area contributed by atoms with Crippen LogP contribution in [0.4, 0.5) is 10.1 Å². The van der Waals surface area contributed by atoms with Crippen molar-refractivity contribution in [3.63, 3.8) is 0 Å². The lowest BCUT2D eigenvalue weighted by molar-refractivity contribution is -0.118. The number of nitrogens with one attached hydrogen (secondary N) is 2. The van der Waals surface area contributed by atoms with Crippen molar-refractivity contribution in [2.75, 3.05) is 5.32 Å². The summed E-state index contributed by atoms with van der Waals surface area (Å²) in [7, 11) is 0. The summed E-state index contributed by atoms with van der Waals surface area (Å²) in [6.07, 6.45) is 0. The van der Waals surface area contributed by atoms with Crippen LogP contribution in [-0.2, 0) is 4.79 Å². The third-order valence-electron chi connectivity index (χ3n) is 3.54. The third kappa shape index (κ3) is 4.94. The quantitative estimate of drug-likeness (QED) is 0.797. The molecule has 0 spiro atoms. The number of amides is 2. The maximum absolute atomic E-state index is 13.2. The summed E-state index contributed by atoms with van der Waals surface area (Å²) in [6.45, 7) is 3.60. The number of benzene rings is 2. The second kappa shape index (κ2) is 8.32. The SMILES string of the molecule is CC(C)[C@H](NC(=O)c1ccccc1Cl)C(=O)Nc1ccc(F)c(Cl)c1. The summed E-state index contributed by atoms with van der Waals surface area (Å²) in [6, 6.07) is 9.64. The lowest BCUT2D eigenvalue weighted by Gasteiger charge is -2.22. The standard InChI is InChI=1S/C18H17Cl2FN2O2/c1-10(2)16(23-17(24)12-5-3-4-6-13(12)19)18(25)22-11-7-8-15(21)14(20)9-11/h3-10,16H,1-2H3,(H,22,25)(H,23,24)/t16-/m0/s1. The van der Waals surface area contributed by atoms with E-state index in [0.717, 1.165) is 6.07 Å². The van der Waals surface area contributed by atoms with E-state index >= 15 is 0 Å². The van der Waals surface area contributed by atoms with Crippen LogP contribution in [0.1, 0.15) is 24.2 Å². The zero-order valence-electron chi connectivity index (χ0n) is 13.6. The predicted octanol–water partition coefficient (Wildman–Crippen LogP) is 4.53. The Morgan fingerprint density at radius 2 is 1.72 bits per heavy atom. The minimum absolute atomic E-state index is 0.0981. The highest BCUT2D eigenvalue weighted by Gasteiger charge is 2.25. The van der Waals surface area contributed by atoms with E-state index in [1.165, 1.54) is 12.1 Å². The summed E-state index contributed by atoms with van der Waals surface area (Å²) in [4.78, 5) is 24.9. The predicted molar refractivity (Wildman–Crippen MR) is 97.6 cm³/mol. The molecule has 0 unspecified atom stereocenters. The zero-order valence-corrected chi connectivity index (χ0v) is 15.2. The summed E-state index contributed by atoms with van der Waals surface area (Å²) in [5.74, 6) is -1.64. The highest BCUT2D eigenvalue weighted by molar-refractivity contribution is 6.34. The minimum Gasteiger partial charge on any atom is -0.340 e. The number of carbonyl (C=O) groups excluding carboxylic acids is 2. The van der Waals surface area contributed by atoms with Crippen molar-refractivity contribution < 1.29 is 14.0 Å². The van der Waals surface area contributed by atoms with E-state index in [2.05, 4.69) is 10.6 Å². The fourth-order valence-electron chi connectivity index (χ4n) is 2.19. The Kier molecular flexibility index (Phi) is 6.39.